The van der Waals surface area contributed by atoms with Crippen molar-refractivity contribution in [3.63, 3.8) is 0 Å². The summed E-state index contributed by atoms with van der Waals surface area (Å²) in [4.78, 5) is 2.38. The minimum Gasteiger partial charge on any atom is -0.379 e. The van der Waals surface area contributed by atoms with Gasteiger partial charge in [0.1, 0.15) is 0 Å². The van der Waals surface area contributed by atoms with E-state index in [9.17, 15) is 8.42 Å². The maximum atomic E-state index is 12.8. The van der Waals surface area contributed by atoms with Gasteiger partial charge in [0, 0.05) is 24.7 Å². The average molecular weight is 381 g/mol. The van der Waals surface area contributed by atoms with Gasteiger partial charge in [-0.2, -0.15) is 0 Å². The van der Waals surface area contributed by atoms with Gasteiger partial charge < -0.3 is 4.74 Å². The predicted octanol–water partition coefficient (Wildman–Crippen LogP) is 2.69. The van der Waals surface area contributed by atoms with Gasteiger partial charge in [0.2, 0.25) is 10.0 Å². The molecule has 0 spiro atoms. The van der Waals surface area contributed by atoms with Crippen LogP contribution in [-0.4, -0.2) is 46.2 Å². The molecule has 1 unspecified atom stereocenters. The van der Waals surface area contributed by atoms with E-state index in [0.29, 0.717) is 24.8 Å². The van der Waals surface area contributed by atoms with E-state index < -0.39 is 10.0 Å². The first-order valence-corrected chi connectivity index (χ1v) is 10.0. The van der Waals surface area contributed by atoms with E-state index in [-0.39, 0.29) is 10.9 Å². The van der Waals surface area contributed by atoms with Crippen molar-refractivity contribution in [3.05, 3.63) is 65.2 Å². The standard InChI is InChI=1S/C18H21ClN2O3S/c19-16-7-4-8-17(13-16)25(22,23)20-18(15-5-2-1-3-6-15)14-21-9-11-24-12-10-21/h1-8,13,18,20H,9-12,14H2. The van der Waals surface area contributed by atoms with Crippen LogP contribution in [0, 0.1) is 0 Å². The van der Waals surface area contributed by atoms with Crippen LogP contribution in [0.1, 0.15) is 11.6 Å². The minimum atomic E-state index is -3.67. The van der Waals surface area contributed by atoms with Crippen molar-refractivity contribution in [2.24, 2.45) is 0 Å². The Morgan fingerprint density at radius 1 is 1.08 bits per heavy atom. The van der Waals surface area contributed by atoms with Crippen molar-refractivity contribution in [2.45, 2.75) is 10.9 Å². The maximum Gasteiger partial charge on any atom is 0.241 e. The molecule has 2 aromatic rings. The third-order valence-electron chi connectivity index (χ3n) is 4.15. The second kappa shape index (κ2) is 8.29. The zero-order valence-corrected chi connectivity index (χ0v) is 15.3. The summed E-state index contributed by atoms with van der Waals surface area (Å²) in [6.07, 6.45) is 0. The molecule has 1 atom stereocenters. The van der Waals surface area contributed by atoms with Crippen LogP contribution < -0.4 is 4.72 Å². The fourth-order valence-electron chi connectivity index (χ4n) is 2.83. The molecule has 0 bridgehead atoms. The molecule has 3 rings (SSSR count). The molecule has 5 nitrogen and oxygen atoms in total. The van der Waals surface area contributed by atoms with E-state index in [1.54, 1.807) is 18.2 Å². The molecule has 0 saturated carbocycles. The van der Waals surface area contributed by atoms with Crippen molar-refractivity contribution in [2.75, 3.05) is 32.8 Å². The number of rotatable bonds is 6. The molecule has 0 amide bonds. The van der Waals surface area contributed by atoms with E-state index >= 15 is 0 Å². The van der Waals surface area contributed by atoms with E-state index in [2.05, 4.69) is 9.62 Å². The smallest absolute Gasteiger partial charge is 0.241 e. The molecule has 134 valence electrons. The number of nitrogens with zero attached hydrogens (tertiary/aromatic N) is 1. The average Bonchev–Trinajstić information content (AvgIpc) is 2.63. The van der Waals surface area contributed by atoms with Gasteiger partial charge in [-0.15, -0.1) is 0 Å². The van der Waals surface area contributed by atoms with Gasteiger partial charge in [0.25, 0.3) is 0 Å². The van der Waals surface area contributed by atoms with Crippen LogP contribution >= 0.6 is 11.6 Å². The second-order valence-corrected chi connectivity index (χ2v) is 8.11. The quantitative estimate of drug-likeness (QED) is 0.837. The maximum absolute atomic E-state index is 12.8. The van der Waals surface area contributed by atoms with Gasteiger partial charge in [-0.3, -0.25) is 4.90 Å². The molecule has 1 aliphatic heterocycles. The van der Waals surface area contributed by atoms with Crippen LogP contribution in [0.5, 0.6) is 0 Å². The molecule has 0 aliphatic carbocycles. The highest BCUT2D eigenvalue weighted by Crippen LogP contribution is 2.21. The highest BCUT2D eigenvalue weighted by molar-refractivity contribution is 7.89. The second-order valence-electron chi connectivity index (χ2n) is 5.95. The van der Waals surface area contributed by atoms with Crippen LogP contribution in [0.25, 0.3) is 0 Å². The van der Waals surface area contributed by atoms with Gasteiger partial charge in [0.05, 0.1) is 24.2 Å². The third kappa shape index (κ3) is 5.03. The Hall–Kier alpha value is -1.44. The lowest BCUT2D eigenvalue weighted by Gasteiger charge is -2.31. The first-order valence-electron chi connectivity index (χ1n) is 8.17. The summed E-state index contributed by atoms with van der Waals surface area (Å²) < 4.78 is 33.8. The van der Waals surface area contributed by atoms with Crippen LogP contribution in [-0.2, 0) is 14.8 Å². The van der Waals surface area contributed by atoms with E-state index in [1.165, 1.54) is 6.07 Å². The summed E-state index contributed by atoms with van der Waals surface area (Å²) in [5.74, 6) is 0. The first-order chi connectivity index (χ1) is 12.0. The van der Waals surface area contributed by atoms with Gasteiger partial charge in [-0.1, -0.05) is 48.0 Å². The lowest BCUT2D eigenvalue weighted by Crippen LogP contribution is -2.43. The number of hydrogen-bond donors (Lipinski definition) is 1. The molecule has 1 aliphatic rings. The highest BCUT2D eigenvalue weighted by Gasteiger charge is 2.24. The summed E-state index contributed by atoms with van der Waals surface area (Å²) in [6, 6.07) is 15.6. The van der Waals surface area contributed by atoms with Crippen LogP contribution in [0.2, 0.25) is 5.02 Å². The Balaban J connectivity index is 1.83. The highest BCUT2D eigenvalue weighted by atomic mass is 35.5. The SMILES string of the molecule is O=S(=O)(NC(CN1CCOCC1)c1ccccc1)c1cccc(Cl)c1. The van der Waals surface area contributed by atoms with Crippen molar-refractivity contribution >= 4 is 21.6 Å². The predicted molar refractivity (Wildman–Crippen MR) is 98.2 cm³/mol. The summed E-state index contributed by atoms with van der Waals surface area (Å²) in [5, 5.41) is 0.396. The Morgan fingerprint density at radius 3 is 2.48 bits per heavy atom. The molecule has 0 aromatic heterocycles. The lowest BCUT2D eigenvalue weighted by molar-refractivity contribution is 0.0345. The monoisotopic (exact) mass is 380 g/mol. The molecule has 1 N–H and O–H groups in total. The number of morpholine rings is 1. The zero-order valence-electron chi connectivity index (χ0n) is 13.8. The largest absolute Gasteiger partial charge is 0.379 e. The van der Waals surface area contributed by atoms with Crippen molar-refractivity contribution in [3.8, 4) is 0 Å². The fourth-order valence-corrected chi connectivity index (χ4v) is 4.34. The number of benzene rings is 2. The Morgan fingerprint density at radius 2 is 1.80 bits per heavy atom. The lowest BCUT2D eigenvalue weighted by atomic mass is 10.1. The van der Waals surface area contributed by atoms with Crippen LogP contribution in [0.15, 0.2) is 59.5 Å². The summed E-state index contributed by atoms with van der Waals surface area (Å²) >= 11 is 5.95. The minimum absolute atomic E-state index is 0.169. The summed E-state index contributed by atoms with van der Waals surface area (Å²) in [7, 11) is -3.67. The number of sulfonamides is 1. The fraction of sp³-hybridized carbons (Fsp3) is 0.333. The number of halogens is 1. The molecular weight excluding hydrogens is 360 g/mol. The van der Waals surface area contributed by atoms with Gasteiger partial charge in [-0.25, -0.2) is 13.1 Å². The molecule has 1 saturated heterocycles. The molecule has 1 fully saturated rings. The number of hydrogen-bond acceptors (Lipinski definition) is 4. The van der Waals surface area contributed by atoms with Crippen molar-refractivity contribution < 1.29 is 13.2 Å². The summed E-state index contributed by atoms with van der Waals surface area (Å²) in [5.41, 5.74) is 0.930. The molecule has 7 heteroatoms. The van der Waals surface area contributed by atoms with E-state index in [4.69, 9.17) is 16.3 Å². The van der Waals surface area contributed by atoms with Gasteiger partial charge >= 0.3 is 0 Å². The Bertz CT molecular complexity index is 793. The molecule has 0 radical (unpaired) electrons. The number of nitrogens with one attached hydrogen (secondary N) is 1. The topological polar surface area (TPSA) is 58.6 Å². The molecular formula is C18H21ClN2O3S. The zero-order chi connectivity index (χ0) is 17.7. The Labute approximate surface area is 153 Å². The number of ether oxygens (including phenoxy) is 1. The van der Waals surface area contributed by atoms with Gasteiger partial charge in [0.15, 0.2) is 0 Å². The normalized spacial score (nSPS) is 17.3. The molecule has 2 aromatic carbocycles. The molecule has 25 heavy (non-hydrogen) atoms. The molecule has 1 heterocycles. The van der Waals surface area contributed by atoms with Crippen molar-refractivity contribution in [1.29, 1.82) is 0 Å². The van der Waals surface area contributed by atoms with Gasteiger partial charge in [-0.05, 0) is 23.8 Å². The van der Waals surface area contributed by atoms with Crippen molar-refractivity contribution in [1.82, 2.24) is 9.62 Å². The van der Waals surface area contributed by atoms with Crippen LogP contribution in [0.4, 0.5) is 0 Å². The Kier molecular flexibility index (Phi) is 6.09. The van der Waals surface area contributed by atoms with E-state index in [0.717, 1.165) is 18.7 Å². The third-order valence-corrected chi connectivity index (χ3v) is 5.85. The van der Waals surface area contributed by atoms with Crippen LogP contribution in [0.3, 0.4) is 0 Å². The van der Waals surface area contributed by atoms with E-state index in [1.807, 2.05) is 30.3 Å². The summed E-state index contributed by atoms with van der Waals surface area (Å²) in [6.45, 7) is 3.52. The first kappa shape index (κ1) is 18.4.